The number of nitroso groups, excluding NO2 is 1. The van der Waals surface area contributed by atoms with Gasteiger partial charge in [-0.2, -0.15) is 0 Å². The number of hydrogen-bond acceptors (Lipinski definition) is 5. The first-order chi connectivity index (χ1) is 13.6. The van der Waals surface area contributed by atoms with Crippen LogP contribution in [-0.2, 0) is 18.0 Å². The predicted octanol–water partition coefficient (Wildman–Crippen LogP) is 3.60. The Balaban J connectivity index is 1.61. The molecular weight excluding hydrogens is 356 g/mol. The number of carbonyl (C=O) groups excluding carboxylic acids is 1. The zero-order chi connectivity index (χ0) is 19.8. The van der Waals surface area contributed by atoms with Crippen LogP contribution in [0, 0.1) is 4.91 Å². The molecule has 0 fully saturated rings. The van der Waals surface area contributed by atoms with E-state index in [0.29, 0.717) is 29.0 Å². The lowest BCUT2D eigenvalue weighted by atomic mass is 10.1. The summed E-state index contributed by atoms with van der Waals surface area (Å²) in [5, 5.41) is 3.25. The minimum atomic E-state index is -0.370. The number of benzene rings is 2. The number of anilines is 1. The minimum absolute atomic E-state index is 0.0844. The molecule has 1 amide bonds. The lowest BCUT2D eigenvalue weighted by Crippen LogP contribution is -2.24. The molecular formula is C21H21N4O3+. The molecule has 0 aliphatic carbocycles. The van der Waals surface area contributed by atoms with Crippen molar-refractivity contribution in [3.05, 3.63) is 94.7 Å². The van der Waals surface area contributed by atoms with Gasteiger partial charge in [-0.05, 0) is 35.9 Å². The Morgan fingerprint density at radius 1 is 1.04 bits per heavy atom. The molecule has 0 aliphatic rings. The van der Waals surface area contributed by atoms with E-state index in [1.165, 1.54) is 7.05 Å². The van der Waals surface area contributed by atoms with Crippen molar-refractivity contribution in [3.8, 4) is 0 Å². The van der Waals surface area contributed by atoms with Crippen LogP contribution in [0.1, 0.15) is 21.5 Å². The van der Waals surface area contributed by atoms with Crippen LogP contribution in [0.15, 0.2) is 73.1 Å². The summed E-state index contributed by atoms with van der Waals surface area (Å²) in [7, 11) is 1.42. The van der Waals surface area contributed by atoms with Crippen molar-refractivity contribution in [3.63, 3.8) is 0 Å². The van der Waals surface area contributed by atoms with Gasteiger partial charge in [-0.25, -0.2) is 5.48 Å². The van der Waals surface area contributed by atoms with Gasteiger partial charge in [0, 0.05) is 40.4 Å². The lowest BCUT2D eigenvalue weighted by Gasteiger charge is -2.12. The second-order valence-electron chi connectivity index (χ2n) is 6.10. The number of rotatable bonds is 8. The van der Waals surface area contributed by atoms with Crippen molar-refractivity contribution < 1.29 is 14.4 Å². The molecule has 7 nitrogen and oxygen atoms in total. The number of nitrogens with zero attached hydrogens (tertiary/aromatic N) is 2. The summed E-state index contributed by atoms with van der Waals surface area (Å²) in [5.41, 5.74) is 5.84. The first kappa shape index (κ1) is 19.2. The third kappa shape index (κ3) is 4.99. The molecule has 1 aromatic heterocycles. The average molecular weight is 377 g/mol. The van der Waals surface area contributed by atoms with Crippen LogP contribution in [-0.4, -0.2) is 22.7 Å². The molecule has 0 atom stereocenters. The number of para-hydroxylation sites is 2. The van der Waals surface area contributed by atoms with Crippen molar-refractivity contribution in [1.82, 2.24) is 10.5 Å². The van der Waals surface area contributed by atoms with Crippen molar-refractivity contribution >= 4 is 17.3 Å². The van der Waals surface area contributed by atoms with E-state index in [9.17, 15) is 9.70 Å². The molecule has 2 aromatic carbocycles. The van der Waals surface area contributed by atoms with Gasteiger partial charge in [-0.1, -0.05) is 24.3 Å². The number of amides is 1. The SMILES string of the molecule is C[N+](=O)c1ccccc1CONC(=O)c1ccccc1NCc1ccncc1. The number of hydrogen-bond donors (Lipinski definition) is 2. The molecule has 0 spiro atoms. The summed E-state index contributed by atoms with van der Waals surface area (Å²) in [6.45, 7) is 0.651. The first-order valence-electron chi connectivity index (χ1n) is 8.78. The highest BCUT2D eigenvalue weighted by Crippen LogP contribution is 2.19. The van der Waals surface area contributed by atoms with E-state index >= 15 is 0 Å². The quantitative estimate of drug-likeness (QED) is 0.463. The Kier molecular flexibility index (Phi) is 6.43. The van der Waals surface area contributed by atoms with Crippen molar-refractivity contribution in [2.45, 2.75) is 13.2 Å². The number of nitrogens with one attached hydrogen (secondary N) is 2. The van der Waals surface area contributed by atoms with Crippen LogP contribution in [0.4, 0.5) is 11.4 Å². The van der Waals surface area contributed by atoms with Gasteiger partial charge in [0.25, 0.3) is 11.6 Å². The number of hydroxylamine groups is 1. The summed E-state index contributed by atoms with van der Waals surface area (Å²) < 4.78 is 0.763. The fourth-order valence-corrected chi connectivity index (χ4v) is 2.71. The predicted molar refractivity (Wildman–Crippen MR) is 106 cm³/mol. The topological polar surface area (TPSA) is 83.3 Å². The van der Waals surface area contributed by atoms with Gasteiger partial charge >= 0.3 is 0 Å². The Morgan fingerprint density at radius 2 is 1.75 bits per heavy atom. The monoisotopic (exact) mass is 377 g/mol. The van der Waals surface area contributed by atoms with Crippen LogP contribution < -0.4 is 10.8 Å². The normalized spacial score (nSPS) is 10.3. The molecule has 142 valence electrons. The van der Waals surface area contributed by atoms with E-state index in [2.05, 4.69) is 15.8 Å². The first-order valence-corrected chi connectivity index (χ1v) is 8.78. The molecule has 0 bridgehead atoms. The second-order valence-corrected chi connectivity index (χ2v) is 6.10. The van der Waals surface area contributed by atoms with Gasteiger partial charge in [0.1, 0.15) is 6.61 Å². The third-order valence-electron chi connectivity index (χ3n) is 4.13. The largest absolute Gasteiger partial charge is 0.380 e. The fourth-order valence-electron chi connectivity index (χ4n) is 2.71. The van der Waals surface area contributed by atoms with Gasteiger partial charge in [0.05, 0.1) is 11.1 Å². The van der Waals surface area contributed by atoms with Crippen LogP contribution in [0.5, 0.6) is 0 Å². The van der Waals surface area contributed by atoms with E-state index in [1.54, 1.807) is 42.7 Å². The molecule has 0 saturated carbocycles. The van der Waals surface area contributed by atoms with Crippen LogP contribution >= 0.6 is 0 Å². The summed E-state index contributed by atoms with van der Waals surface area (Å²) >= 11 is 0. The molecule has 0 radical (unpaired) electrons. The van der Waals surface area contributed by atoms with E-state index in [4.69, 9.17) is 4.84 Å². The highest BCUT2D eigenvalue weighted by molar-refractivity contribution is 5.99. The van der Waals surface area contributed by atoms with E-state index in [-0.39, 0.29) is 12.5 Å². The number of pyridine rings is 1. The molecule has 3 aromatic rings. The highest BCUT2D eigenvalue weighted by Gasteiger charge is 2.15. The minimum Gasteiger partial charge on any atom is -0.380 e. The number of aromatic nitrogens is 1. The van der Waals surface area contributed by atoms with Gasteiger partial charge < -0.3 is 5.32 Å². The van der Waals surface area contributed by atoms with Crippen molar-refractivity contribution in [1.29, 1.82) is 0 Å². The van der Waals surface area contributed by atoms with E-state index < -0.39 is 0 Å². The van der Waals surface area contributed by atoms with Crippen molar-refractivity contribution in [2.24, 2.45) is 0 Å². The van der Waals surface area contributed by atoms with Gasteiger partial charge in [0.15, 0.2) is 7.05 Å². The third-order valence-corrected chi connectivity index (χ3v) is 4.13. The van der Waals surface area contributed by atoms with Gasteiger partial charge in [-0.3, -0.25) is 14.6 Å². The van der Waals surface area contributed by atoms with Gasteiger partial charge in [-0.15, -0.1) is 0 Å². The standard InChI is InChI=1S/C21H20N4O3/c1-25(27)20-9-5-2-6-17(20)15-28-24-21(26)18-7-3-4-8-19(18)23-14-16-10-12-22-13-11-16/h2-13H,14-15H2,1H3,(H-,23,24,26)/p+1. The molecule has 0 unspecified atom stereocenters. The zero-order valence-corrected chi connectivity index (χ0v) is 15.5. The maximum Gasteiger partial charge on any atom is 0.276 e. The van der Waals surface area contributed by atoms with E-state index in [0.717, 1.165) is 10.3 Å². The Hall–Kier alpha value is -3.58. The van der Waals surface area contributed by atoms with E-state index in [1.807, 2.05) is 30.3 Å². The molecule has 3 rings (SSSR count). The Labute approximate surface area is 162 Å². The zero-order valence-electron chi connectivity index (χ0n) is 15.5. The fraction of sp³-hybridized carbons (Fsp3) is 0.143. The second kappa shape index (κ2) is 9.38. The Morgan fingerprint density at radius 3 is 2.54 bits per heavy atom. The smallest absolute Gasteiger partial charge is 0.276 e. The summed E-state index contributed by atoms with van der Waals surface area (Å²) in [5.74, 6) is -0.370. The maximum atomic E-state index is 12.5. The molecule has 0 saturated heterocycles. The number of carbonyl (C=O) groups is 1. The summed E-state index contributed by atoms with van der Waals surface area (Å²) in [4.78, 5) is 33.4. The molecule has 28 heavy (non-hydrogen) atoms. The highest BCUT2D eigenvalue weighted by atomic mass is 16.6. The van der Waals surface area contributed by atoms with Crippen molar-refractivity contribution in [2.75, 3.05) is 12.4 Å². The summed E-state index contributed by atoms with van der Waals surface area (Å²) in [6, 6.07) is 18.1. The molecule has 2 N–H and O–H groups in total. The van der Waals surface area contributed by atoms with Gasteiger partial charge in [0.2, 0.25) is 0 Å². The van der Waals surface area contributed by atoms with Crippen LogP contribution in [0.25, 0.3) is 0 Å². The molecule has 7 heteroatoms. The van der Waals surface area contributed by atoms with Crippen LogP contribution in [0.2, 0.25) is 0 Å². The lowest BCUT2D eigenvalue weighted by molar-refractivity contribution is -0.429. The maximum absolute atomic E-state index is 12.5. The summed E-state index contributed by atoms with van der Waals surface area (Å²) in [6.07, 6.45) is 3.45. The molecule has 1 heterocycles. The molecule has 0 aliphatic heterocycles. The average Bonchev–Trinajstić information content (AvgIpc) is 2.73. The van der Waals surface area contributed by atoms with Crippen LogP contribution in [0.3, 0.4) is 0 Å². The Bertz CT molecular complexity index is 961.